The second kappa shape index (κ2) is 6.95. The van der Waals surface area contributed by atoms with Gasteiger partial charge in [0.2, 0.25) is 5.91 Å². The minimum atomic E-state index is -4.59. The van der Waals surface area contributed by atoms with E-state index in [0.717, 1.165) is 28.6 Å². The molecule has 1 N–H and O–H groups in total. The Kier molecular flexibility index (Phi) is 4.73. The van der Waals surface area contributed by atoms with Gasteiger partial charge in [-0.15, -0.1) is 13.2 Å². The molecule has 152 valence electrons. The summed E-state index contributed by atoms with van der Waals surface area (Å²) >= 11 is 0. The molecule has 0 radical (unpaired) electrons. The summed E-state index contributed by atoms with van der Waals surface area (Å²) in [6.45, 7) is 0.986. The Morgan fingerprint density at radius 3 is 2.64 bits per heavy atom. The topological polar surface area (TPSA) is 59.4 Å². The number of benzene rings is 1. The van der Waals surface area contributed by atoms with E-state index in [0.29, 0.717) is 25.9 Å². The molecule has 1 aromatic heterocycles. The van der Waals surface area contributed by atoms with Gasteiger partial charge in [-0.25, -0.2) is 0 Å². The zero-order chi connectivity index (χ0) is 20.1. The normalized spacial score (nSPS) is 23.2. The minimum Gasteiger partial charge on any atom is -0.371 e. The van der Waals surface area contributed by atoms with Crippen LogP contribution >= 0.6 is 0 Å². The lowest BCUT2D eigenvalue weighted by atomic mass is 10.0. The zero-order valence-corrected chi connectivity index (χ0v) is 15.8. The number of hydrogen-bond acceptors (Lipinski definition) is 4. The Balaban J connectivity index is 1.57. The second-order valence-electron chi connectivity index (χ2n) is 7.55. The third kappa shape index (κ3) is 3.67. The Morgan fingerprint density at radius 2 is 2.00 bits per heavy atom. The number of aromatic nitrogens is 2. The van der Waals surface area contributed by atoms with E-state index in [2.05, 4.69) is 26.1 Å². The molecule has 1 saturated carbocycles. The number of amides is 1. The quantitative estimate of drug-likeness (QED) is 0.864. The van der Waals surface area contributed by atoms with Crippen molar-refractivity contribution in [3.8, 4) is 0 Å². The van der Waals surface area contributed by atoms with Gasteiger partial charge in [0.15, 0.2) is 0 Å². The number of ether oxygens (including phenoxy) is 1. The Bertz CT molecular complexity index is 887. The van der Waals surface area contributed by atoms with Gasteiger partial charge >= 0.3 is 6.36 Å². The number of fused-ring (bicyclic) bond motifs is 1. The first-order valence-corrected chi connectivity index (χ1v) is 9.43. The highest BCUT2D eigenvalue weighted by Crippen LogP contribution is 2.50. The molecule has 0 bridgehead atoms. The largest absolute Gasteiger partial charge is 0.522 e. The van der Waals surface area contributed by atoms with Crippen LogP contribution in [0.1, 0.15) is 30.7 Å². The van der Waals surface area contributed by atoms with Crippen molar-refractivity contribution in [2.45, 2.75) is 37.6 Å². The van der Waals surface area contributed by atoms with Gasteiger partial charge in [-0.05, 0) is 42.9 Å². The van der Waals surface area contributed by atoms with Crippen LogP contribution in [-0.4, -0.2) is 48.3 Å². The highest BCUT2D eigenvalue weighted by Gasteiger charge is 2.44. The van der Waals surface area contributed by atoms with Crippen molar-refractivity contribution in [1.82, 2.24) is 15.1 Å². The lowest BCUT2D eigenvalue weighted by Crippen LogP contribution is -2.39. The van der Waals surface area contributed by atoms with Gasteiger partial charge in [-0.3, -0.25) is 14.2 Å². The van der Waals surface area contributed by atoms with Crippen LogP contribution in [0.5, 0.6) is 0 Å². The standard InChI is InChI=1S/C19H23F3N4O2/c1-23-18(27)15-9-14(15)13-7-11(8-17-16(13)10-24-25(17)2)26-5-3-12(4-6-26)28-19(20,21)22/h7-8,10,12,14-15H,3-6,9H2,1-2H3,(H,23,27)/t14-,15+/m0/s1. The van der Waals surface area contributed by atoms with Gasteiger partial charge in [0.25, 0.3) is 0 Å². The highest BCUT2D eigenvalue weighted by molar-refractivity contribution is 5.90. The Morgan fingerprint density at radius 1 is 1.29 bits per heavy atom. The average Bonchev–Trinajstić information content (AvgIpc) is 3.37. The molecule has 2 heterocycles. The van der Waals surface area contributed by atoms with Gasteiger partial charge in [0.05, 0.1) is 17.8 Å². The van der Waals surface area contributed by atoms with E-state index in [1.54, 1.807) is 11.7 Å². The number of hydrogen-bond donors (Lipinski definition) is 1. The fourth-order valence-corrected chi connectivity index (χ4v) is 4.18. The van der Waals surface area contributed by atoms with Crippen molar-refractivity contribution in [3.63, 3.8) is 0 Å². The summed E-state index contributed by atoms with van der Waals surface area (Å²) in [5.41, 5.74) is 3.01. The fourth-order valence-electron chi connectivity index (χ4n) is 4.18. The van der Waals surface area contributed by atoms with Crippen molar-refractivity contribution in [2.75, 3.05) is 25.0 Å². The molecule has 1 amide bonds. The highest BCUT2D eigenvalue weighted by atomic mass is 19.4. The zero-order valence-electron chi connectivity index (χ0n) is 15.8. The Hall–Kier alpha value is -2.29. The van der Waals surface area contributed by atoms with Gasteiger partial charge in [0.1, 0.15) is 0 Å². The molecule has 1 aliphatic carbocycles. The summed E-state index contributed by atoms with van der Waals surface area (Å²) in [6.07, 6.45) is -2.12. The first kappa shape index (κ1) is 19.0. The number of carbonyl (C=O) groups excluding carboxylic acids is 1. The van der Waals surface area contributed by atoms with Crippen LogP contribution in [0.2, 0.25) is 0 Å². The molecule has 2 fully saturated rings. The monoisotopic (exact) mass is 396 g/mol. The van der Waals surface area contributed by atoms with E-state index in [4.69, 9.17) is 0 Å². The first-order chi connectivity index (χ1) is 13.3. The van der Waals surface area contributed by atoms with Crippen molar-refractivity contribution in [3.05, 3.63) is 23.9 Å². The number of rotatable bonds is 4. The van der Waals surface area contributed by atoms with Crippen LogP contribution < -0.4 is 10.2 Å². The third-order valence-electron chi connectivity index (χ3n) is 5.76. The molecule has 0 spiro atoms. The predicted molar refractivity (Wildman–Crippen MR) is 98.0 cm³/mol. The molecule has 4 rings (SSSR count). The van der Waals surface area contributed by atoms with Crippen LogP contribution in [0.3, 0.4) is 0 Å². The molecule has 28 heavy (non-hydrogen) atoms. The van der Waals surface area contributed by atoms with E-state index in [1.807, 2.05) is 19.3 Å². The lowest BCUT2D eigenvalue weighted by molar-refractivity contribution is -0.344. The van der Waals surface area contributed by atoms with E-state index >= 15 is 0 Å². The summed E-state index contributed by atoms with van der Waals surface area (Å²) in [5, 5.41) is 8.08. The molecule has 1 aromatic carbocycles. The van der Waals surface area contributed by atoms with Crippen LogP contribution in [-0.2, 0) is 16.6 Å². The van der Waals surface area contributed by atoms with Gasteiger partial charge in [-0.1, -0.05) is 0 Å². The van der Waals surface area contributed by atoms with Crippen molar-refractivity contribution >= 4 is 22.5 Å². The van der Waals surface area contributed by atoms with Gasteiger partial charge in [-0.2, -0.15) is 5.10 Å². The predicted octanol–water partition coefficient (Wildman–Crippen LogP) is 2.93. The second-order valence-corrected chi connectivity index (χ2v) is 7.55. The summed E-state index contributed by atoms with van der Waals surface area (Å²) in [7, 11) is 3.50. The van der Waals surface area contributed by atoms with E-state index < -0.39 is 12.5 Å². The van der Waals surface area contributed by atoms with Crippen LogP contribution in [0.4, 0.5) is 18.9 Å². The maximum Gasteiger partial charge on any atom is 0.522 e. The van der Waals surface area contributed by atoms with Crippen molar-refractivity contribution in [1.29, 1.82) is 0 Å². The van der Waals surface area contributed by atoms with Crippen LogP contribution in [0.15, 0.2) is 18.3 Å². The number of nitrogens with zero attached hydrogens (tertiary/aromatic N) is 3. The third-order valence-corrected chi connectivity index (χ3v) is 5.76. The maximum absolute atomic E-state index is 12.4. The molecule has 9 heteroatoms. The van der Waals surface area contributed by atoms with Gasteiger partial charge < -0.3 is 10.2 Å². The fraction of sp³-hybridized carbons (Fsp3) is 0.579. The Labute approximate surface area is 160 Å². The number of alkyl halides is 3. The molecule has 1 aliphatic heterocycles. The summed E-state index contributed by atoms with van der Waals surface area (Å²) in [5.74, 6) is 0.157. The number of nitrogens with one attached hydrogen (secondary N) is 1. The minimum absolute atomic E-state index is 0.0328. The van der Waals surface area contributed by atoms with Crippen LogP contribution in [0.25, 0.3) is 10.9 Å². The summed E-state index contributed by atoms with van der Waals surface area (Å²) in [6, 6.07) is 4.09. The number of carbonyl (C=O) groups is 1. The SMILES string of the molecule is CNC(=O)[C@@H]1C[C@H]1c1cc(N2CCC(OC(F)(F)F)CC2)cc2c1cnn2C. The molecular weight excluding hydrogens is 373 g/mol. The van der Waals surface area contributed by atoms with E-state index in [-0.39, 0.29) is 17.7 Å². The van der Waals surface area contributed by atoms with E-state index in [1.165, 1.54) is 0 Å². The number of anilines is 1. The van der Waals surface area contributed by atoms with E-state index in [9.17, 15) is 18.0 Å². The molecular formula is C19H23F3N4O2. The first-order valence-electron chi connectivity index (χ1n) is 9.43. The molecule has 0 unspecified atom stereocenters. The number of halogens is 3. The smallest absolute Gasteiger partial charge is 0.371 e. The molecule has 1 saturated heterocycles. The van der Waals surface area contributed by atoms with Crippen molar-refractivity contribution in [2.24, 2.45) is 13.0 Å². The number of piperidine rings is 1. The van der Waals surface area contributed by atoms with Crippen molar-refractivity contribution < 1.29 is 22.7 Å². The molecule has 2 atom stereocenters. The summed E-state index contributed by atoms with van der Waals surface area (Å²) in [4.78, 5) is 14.1. The molecule has 2 aliphatic rings. The average molecular weight is 396 g/mol. The van der Waals surface area contributed by atoms with Gasteiger partial charge in [0, 0.05) is 44.2 Å². The maximum atomic E-state index is 12.4. The lowest BCUT2D eigenvalue weighted by Gasteiger charge is -2.34. The summed E-state index contributed by atoms with van der Waals surface area (Å²) < 4.78 is 43.3. The number of aryl methyl sites for hydroxylation is 1. The molecule has 2 aromatic rings. The van der Waals surface area contributed by atoms with Crippen LogP contribution in [0, 0.1) is 5.92 Å². The molecule has 6 nitrogen and oxygen atoms in total.